The first kappa shape index (κ1) is 15.1. The van der Waals surface area contributed by atoms with E-state index in [1.807, 2.05) is 19.1 Å². The highest BCUT2D eigenvalue weighted by atomic mass is 19.4. The molecule has 0 aliphatic heterocycles. The molecule has 0 fully saturated rings. The van der Waals surface area contributed by atoms with Gasteiger partial charge in [-0.1, -0.05) is 45.9 Å². The lowest BCUT2D eigenvalue weighted by atomic mass is 9.83. The molecule has 102 valence electrons. The smallest absolute Gasteiger partial charge is 0.171 e. The second-order valence-corrected chi connectivity index (χ2v) is 5.90. The number of hydrogen-bond acceptors (Lipinski definition) is 0. The summed E-state index contributed by atoms with van der Waals surface area (Å²) in [5.74, 6) is 0.332. The number of rotatable bonds is 3. The van der Waals surface area contributed by atoms with E-state index in [2.05, 4.69) is 13.8 Å². The third-order valence-corrected chi connectivity index (χ3v) is 3.38. The Morgan fingerprint density at radius 1 is 1.11 bits per heavy atom. The molecule has 18 heavy (non-hydrogen) atoms. The van der Waals surface area contributed by atoms with E-state index in [-0.39, 0.29) is 6.42 Å². The van der Waals surface area contributed by atoms with Gasteiger partial charge in [-0.05, 0) is 36.0 Å². The van der Waals surface area contributed by atoms with Crippen molar-refractivity contribution in [2.45, 2.75) is 53.1 Å². The number of alkyl halides is 3. The molecule has 0 bridgehead atoms. The van der Waals surface area contributed by atoms with E-state index in [1.165, 1.54) is 13.8 Å². The van der Waals surface area contributed by atoms with Crippen LogP contribution in [0.25, 0.3) is 0 Å². The molecule has 0 aliphatic carbocycles. The summed E-state index contributed by atoms with van der Waals surface area (Å²) in [7, 11) is 0. The molecule has 3 heteroatoms. The third-order valence-electron chi connectivity index (χ3n) is 3.38. The molecule has 0 saturated heterocycles. The highest BCUT2D eigenvalue weighted by molar-refractivity contribution is 5.33. The van der Waals surface area contributed by atoms with Crippen molar-refractivity contribution < 1.29 is 13.2 Å². The van der Waals surface area contributed by atoms with Crippen LogP contribution in [0.5, 0.6) is 0 Å². The molecule has 1 aromatic carbocycles. The summed E-state index contributed by atoms with van der Waals surface area (Å²) >= 11 is 0. The largest absolute Gasteiger partial charge is 0.394 e. The molecular weight excluding hydrogens is 237 g/mol. The van der Waals surface area contributed by atoms with Gasteiger partial charge in [0.15, 0.2) is 0 Å². The summed E-state index contributed by atoms with van der Waals surface area (Å²) in [6.45, 7) is 8.61. The molecule has 0 amide bonds. The molecule has 0 unspecified atom stereocenters. The van der Waals surface area contributed by atoms with Gasteiger partial charge in [-0.15, -0.1) is 0 Å². The SMILES string of the molecule is Cc1ccc(CC(C)(C)C(F)(F)F)cc1C(C)C. The molecular formula is C15H21F3. The third kappa shape index (κ3) is 3.27. The minimum absolute atomic E-state index is 0.0243. The standard InChI is InChI=1S/C15H21F3/c1-10(2)13-8-12(7-6-11(13)3)9-14(4,5)15(16,17)18/h6-8,10H,9H2,1-5H3. The van der Waals surface area contributed by atoms with Crippen molar-refractivity contribution in [3.8, 4) is 0 Å². The fraction of sp³-hybridized carbons (Fsp3) is 0.600. The predicted molar refractivity (Wildman–Crippen MR) is 68.8 cm³/mol. The number of halogens is 3. The monoisotopic (exact) mass is 258 g/mol. The fourth-order valence-electron chi connectivity index (χ4n) is 2.03. The zero-order valence-corrected chi connectivity index (χ0v) is 11.7. The molecule has 0 saturated carbocycles. The van der Waals surface area contributed by atoms with E-state index in [1.54, 1.807) is 6.07 Å². The minimum Gasteiger partial charge on any atom is -0.171 e. The maximum Gasteiger partial charge on any atom is 0.394 e. The maximum atomic E-state index is 12.9. The molecule has 0 nitrogen and oxygen atoms in total. The molecule has 0 radical (unpaired) electrons. The highest BCUT2D eigenvalue weighted by Gasteiger charge is 2.46. The summed E-state index contributed by atoms with van der Waals surface area (Å²) in [6.07, 6.45) is -4.15. The van der Waals surface area contributed by atoms with Crippen LogP contribution in [0.1, 0.15) is 50.3 Å². The summed E-state index contributed by atoms with van der Waals surface area (Å²) in [6, 6.07) is 5.62. The van der Waals surface area contributed by atoms with Crippen LogP contribution in [0.2, 0.25) is 0 Å². The second-order valence-electron chi connectivity index (χ2n) is 5.90. The molecule has 1 rings (SSSR count). The summed E-state index contributed by atoms with van der Waals surface area (Å²) in [5, 5.41) is 0. The molecule has 0 atom stereocenters. The van der Waals surface area contributed by atoms with Crippen LogP contribution in [0, 0.1) is 12.3 Å². The van der Waals surface area contributed by atoms with Crippen LogP contribution in [0.4, 0.5) is 13.2 Å². The van der Waals surface area contributed by atoms with E-state index in [0.717, 1.165) is 16.7 Å². The Morgan fingerprint density at radius 3 is 2.11 bits per heavy atom. The summed E-state index contributed by atoms with van der Waals surface area (Å²) in [5.41, 5.74) is 1.34. The van der Waals surface area contributed by atoms with Crippen molar-refractivity contribution in [2.24, 2.45) is 5.41 Å². The molecule has 0 aromatic heterocycles. The van der Waals surface area contributed by atoms with Crippen molar-refractivity contribution >= 4 is 0 Å². The zero-order chi connectivity index (χ0) is 14.1. The Labute approximate surface area is 107 Å². The molecule has 0 aliphatic rings. The van der Waals surface area contributed by atoms with E-state index in [9.17, 15) is 13.2 Å². The number of hydrogen-bond donors (Lipinski definition) is 0. The second kappa shape index (κ2) is 4.94. The Morgan fingerprint density at radius 2 is 1.67 bits per heavy atom. The van der Waals surface area contributed by atoms with E-state index in [4.69, 9.17) is 0 Å². The van der Waals surface area contributed by atoms with Gasteiger partial charge in [0.2, 0.25) is 0 Å². The lowest BCUT2D eigenvalue weighted by Crippen LogP contribution is -2.34. The average Bonchev–Trinajstić information content (AvgIpc) is 2.18. The topological polar surface area (TPSA) is 0 Å². The Hall–Kier alpha value is -0.990. The predicted octanol–water partition coefficient (Wildman–Crippen LogP) is 5.25. The van der Waals surface area contributed by atoms with Crippen molar-refractivity contribution in [3.05, 3.63) is 34.9 Å². The maximum absolute atomic E-state index is 12.9. The van der Waals surface area contributed by atoms with E-state index >= 15 is 0 Å². The van der Waals surface area contributed by atoms with Crippen LogP contribution >= 0.6 is 0 Å². The molecule has 0 spiro atoms. The van der Waals surface area contributed by atoms with Gasteiger partial charge in [0.05, 0.1) is 5.41 Å². The Kier molecular flexibility index (Phi) is 4.14. The Balaban J connectivity index is 3.03. The van der Waals surface area contributed by atoms with Gasteiger partial charge < -0.3 is 0 Å². The van der Waals surface area contributed by atoms with E-state index in [0.29, 0.717) is 5.92 Å². The number of aryl methyl sites for hydroxylation is 1. The molecule has 0 N–H and O–H groups in total. The van der Waals surface area contributed by atoms with Gasteiger partial charge in [0.1, 0.15) is 0 Å². The van der Waals surface area contributed by atoms with Gasteiger partial charge in [-0.25, -0.2) is 0 Å². The quantitative estimate of drug-likeness (QED) is 0.694. The van der Waals surface area contributed by atoms with Crippen LogP contribution < -0.4 is 0 Å². The summed E-state index contributed by atoms with van der Waals surface area (Å²) < 4.78 is 38.6. The Bertz CT molecular complexity index is 414. The first-order chi connectivity index (χ1) is 8.04. The lowest BCUT2D eigenvalue weighted by molar-refractivity contribution is -0.211. The van der Waals surface area contributed by atoms with Crippen molar-refractivity contribution in [1.82, 2.24) is 0 Å². The van der Waals surface area contributed by atoms with Crippen molar-refractivity contribution in [2.75, 3.05) is 0 Å². The van der Waals surface area contributed by atoms with Gasteiger partial charge in [-0.2, -0.15) is 13.2 Å². The van der Waals surface area contributed by atoms with Crippen LogP contribution in [0.15, 0.2) is 18.2 Å². The van der Waals surface area contributed by atoms with Gasteiger partial charge >= 0.3 is 6.18 Å². The normalized spacial score (nSPS) is 13.2. The summed E-state index contributed by atoms with van der Waals surface area (Å²) in [4.78, 5) is 0. The molecule has 1 aromatic rings. The minimum atomic E-state index is -4.17. The zero-order valence-electron chi connectivity index (χ0n) is 11.7. The molecule has 0 heterocycles. The van der Waals surface area contributed by atoms with Gasteiger partial charge in [0, 0.05) is 0 Å². The van der Waals surface area contributed by atoms with Crippen LogP contribution in [-0.4, -0.2) is 6.18 Å². The van der Waals surface area contributed by atoms with Crippen molar-refractivity contribution in [1.29, 1.82) is 0 Å². The first-order valence-electron chi connectivity index (χ1n) is 6.21. The fourth-order valence-corrected chi connectivity index (χ4v) is 2.03. The van der Waals surface area contributed by atoms with E-state index < -0.39 is 11.6 Å². The average molecular weight is 258 g/mol. The number of benzene rings is 1. The van der Waals surface area contributed by atoms with Crippen LogP contribution in [0.3, 0.4) is 0 Å². The van der Waals surface area contributed by atoms with Gasteiger partial charge in [0.25, 0.3) is 0 Å². The van der Waals surface area contributed by atoms with Gasteiger partial charge in [-0.3, -0.25) is 0 Å². The first-order valence-corrected chi connectivity index (χ1v) is 6.21. The van der Waals surface area contributed by atoms with Crippen molar-refractivity contribution in [3.63, 3.8) is 0 Å². The lowest BCUT2D eigenvalue weighted by Gasteiger charge is -2.28. The highest BCUT2D eigenvalue weighted by Crippen LogP contribution is 2.40. The van der Waals surface area contributed by atoms with Crippen LogP contribution in [-0.2, 0) is 6.42 Å².